The van der Waals surface area contributed by atoms with Crippen molar-refractivity contribution in [2.24, 2.45) is 11.8 Å². The van der Waals surface area contributed by atoms with Crippen molar-refractivity contribution in [1.82, 2.24) is 4.98 Å². The normalized spacial score (nSPS) is 17.8. The molecule has 2 aliphatic carbocycles. The molecular formula is C25H31Cl2FeN3O2. The molecule has 2 N–H and O–H groups in total. The zero-order valence-electron chi connectivity index (χ0n) is 19.7. The maximum atomic E-state index is 10.8. The largest absolute Gasteiger partial charge is 2.00 e. The van der Waals surface area contributed by atoms with E-state index in [0.29, 0.717) is 23.2 Å². The first-order valence-corrected chi connectivity index (χ1v) is 9.91. The number of nitrogens with one attached hydrogen (secondary N) is 2. The van der Waals surface area contributed by atoms with Gasteiger partial charge in [-0.1, -0.05) is 56.4 Å². The maximum absolute atomic E-state index is 10.8. The van der Waals surface area contributed by atoms with Crippen molar-refractivity contribution in [1.29, 1.82) is 10.8 Å². The predicted octanol–water partition coefficient (Wildman–Crippen LogP) is -0.191. The molecule has 0 aliphatic heterocycles. The van der Waals surface area contributed by atoms with E-state index >= 15 is 0 Å². The summed E-state index contributed by atoms with van der Waals surface area (Å²) in [7, 11) is 0. The van der Waals surface area contributed by atoms with Crippen LogP contribution in [0.2, 0.25) is 0 Å². The molecule has 3 rings (SSSR count). The number of rotatable bonds is 2. The zero-order valence-corrected chi connectivity index (χ0v) is 22.3. The molecule has 2 atom stereocenters. The van der Waals surface area contributed by atoms with E-state index in [4.69, 9.17) is 10.8 Å². The molecule has 2 aliphatic rings. The Balaban J connectivity index is -0.000000396. The van der Waals surface area contributed by atoms with E-state index in [1.165, 1.54) is 13.8 Å². The van der Waals surface area contributed by atoms with E-state index in [1.54, 1.807) is 18.2 Å². The summed E-state index contributed by atoms with van der Waals surface area (Å²) in [6.45, 7) is 10.9. The number of halogens is 2. The van der Waals surface area contributed by atoms with Crippen molar-refractivity contribution in [2.45, 2.75) is 41.5 Å². The van der Waals surface area contributed by atoms with Gasteiger partial charge < -0.3 is 35.6 Å². The van der Waals surface area contributed by atoms with Gasteiger partial charge in [0.05, 0.1) is 0 Å². The van der Waals surface area contributed by atoms with Crippen LogP contribution in [-0.2, 0) is 17.1 Å². The summed E-state index contributed by atoms with van der Waals surface area (Å²) in [5, 5.41) is 15.0. The Kier molecular flexibility index (Phi) is 18.7. The number of hydrogen-bond donors (Lipinski definition) is 2. The fraction of sp³-hybridized carbons (Fsp3) is 0.320. The van der Waals surface area contributed by atoms with Crippen molar-refractivity contribution in [2.75, 3.05) is 0 Å². The van der Waals surface area contributed by atoms with E-state index < -0.39 is 0 Å². The maximum Gasteiger partial charge on any atom is 2.00 e. The van der Waals surface area contributed by atoms with Gasteiger partial charge in [0.1, 0.15) is 11.4 Å². The molecule has 0 aromatic carbocycles. The van der Waals surface area contributed by atoms with Crippen molar-refractivity contribution >= 4 is 23.0 Å². The van der Waals surface area contributed by atoms with Gasteiger partial charge in [-0.15, -0.1) is 0 Å². The standard InChI is InChI=1S/C9H9NO2.2C8H11N.2ClH.Fe/c1-6(11)8-4-3-5-9(10-8)7(2)12;2*1-6-4-3-5-7(2)8(6)9;;;/h3-5H,1-2H3;2*3-6,9H,1-2H3;2*1H;/q;;;;;+2/p-2. The minimum Gasteiger partial charge on any atom is -1.00 e. The summed E-state index contributed by atoms with van der Waals surface area (Å²) in [6.07, 6.45) is 12.0. The van der Waals surface area contributed by atoms with Crippen LogP contribution in [0.4, 0.5) is 0 Å². The fourth-order valence-corrected chi connectivity index (χ4v) is 2.65. The first kappa shape index (κ1) is 35.5. The molecule has 0 fully saturated rings. The molecule has 8 heteroatoms. The van der Waals surface area contributed by atoms with E-state index in [-0.39, 0.29) is 53.4 Å². The van der Waals surface area contributed by atoms with Gasteiger partial charge >= 0.3 is 17.1 Å². The van der Waals surface area contributed by atoms with Crippen LogP contribution in [0.3, 0.4) is 0 Å². The molecule has 1 aromatic heterocycles. The Morgan fingerprint density at radius 2 is 1.12 bits per heavy atom. The van der Waals surface area contributed by atoms with Crippen LogP contribution in [0.5, 0.6) is 0 Å². The number of allylic oxidation sites excluding steroid dienone is 8. The van der Waals surface area contributed by atoms with Crippen molar-refractivity contribution in [3.05, 3.63) is 77.2 Å². The average Bonchev–Trinajstić information content (AvgIpc) is 2.71. The van der Waals surface area contributed by atoms with Crippen LogP contribution in [0.1, 0.15) is 62.5 Å². The summed E-state index contributed by atoms with van der Waals surface area (Å²) in [5.74, 6) is 0.376. The third-order valence-electron chi connectivity index (χ3n) is 4.72. The summed E-state index contributed by atoms with van der Waals surface area (Å²) >= 11 is 0. The summed E-state index contributed by atoms with van der Waals surface area (Å²) in [5.41, 5.74) is 4.34. The third kappa shape index (κ3) is 12.1. The topological polar surface area (TPSA) is 94.7 Å². The smallest absolute Gasteiger partial charge is 1.00 e. The van der Waals surface area contributed by atoms with Gasteiger partial charge in [0.2, 0.25) is 0 Å². The van der Waals surface area contributed by atoms with Crippen LogP contribution in [-0.4, -0.2) is 28.0 Å². The van der Waals surface area contributed by atoms with Gasteiger partial charge in [-0.2, -0.15) is 0 Å². The number of carbonyl (C=O) groups excluding carboxylic acids is 2. The second-order valence-electron chi connectivity index (χ2n) is 7.39. The van der Waals surface area contributed by atoms with E-state index in [0.717, 1.165) is 22.6 Å². The van der Waals surface area contributed by atoms with Gasteiger partial charge in [-0.3, -0.25) is 9.59 Å². The Bertz CT molecular complexity index is 893. The zero-order chi connectivity index (χ0) is 22.8. The number of carbonyl (C=O) groups is 2. The third-order valence-corrected chi connectivity index (χ3v) is 4.72. The van der Waals surface area contributed by atoms with Crippen LogP contribution in [0, 0.1) is 22.7 Å². The van der Waals surface area contributed by atoms with Gasteiger partial charge in [-0.25, -0.2) is 4.98 Å². The van der Waals surface area contributed by atoms with Crippen LogP contribution in [0.15, 0.2) is 65.8 Å². The first-order chi connectivity index (χ1) is 14.0. The molecule has 0 saturated carbocycles. The molecule has 0 radical (unpaired) electrons. The van der Waals surface area contributed by atoms with E-state index in [9.17, 15) is 9.59 Å². The molecule has 0 amide bonds. The molecule has 0 spiro atoms. The fourth-order valence-electron chi connectivity index (χ4n) is 2.65. The van der Waals surface area contributed by atoms with Crippen molar-refractivity contribution in [3.63, 3.8) is 0 Å². The van der Waals surface area contributed by atoms with E-state index in [1.807, 2.05) is 64.2 Å². The van der Waals surface area contributed by atoms with Crippen LogP contribution < -0.4 is 24.8 Å². The second kappa shape index (κ2) is 17.4. The van der Waals surface area contributed by atoms with Crippen molar-refractivity contribution in [3.8, 4) is 0 Å². The van der Waals surface area contributed by atoms with Gasteiger partial charge in [-0.05, 0) is 37.1 Å². The second-order valence-corrected chi connectivity index (χ2v) is 7.39. The number of Topliss-reactive ketones (excluding diaryl/α,β-unsaturated/α-hetero) is 2. The number of pyridine rings is 1. The van der Waals surface area contributed by atoms with Crippen molar-refractivity contribution < 1.29 is 51.5 Å². The Hall–Kier alpha value is -2.11. The molecule has 0 saturated heterocycles. The first-order valence-electron chi connectivity index (χ1n) is 9.91. The number of ketones is 2. The van der Waals surface area contributed by atoms with Crippen LogP contribution in [0.25, 0.3) is 0 Å². The monoisotopic (exact) mass is 531 g/mol. The minimum atomic E-state index is -0.127. The molecule has 180 valence electrons. The summed E-state index contributed by atoms with van der Waals surface area (Å²) in [6, 6.07) is 4.84. The SMILES string of the molecule is CC(=O)c1cccc(C(C)=O)n1.CC1=CC=CC(C)C1=N.CC1=CC=CC(C)C1=N.[Cl-].[Cl-].[Fe+2]. The summed E-state index contributed by atoms with van der Waals surface area (Å²) in [4.78, 5) is 25.6. The molecule has 1 heterocycles. The van der Waals surface area contributed by atoms with Gasteiger partial charge in [0.25, 0.3) is 0 Å². The summed E-state index contributed by atoms with van der Waals surface area (Å²) < 4.78 is 0. The molecule has 5 nitrogen and oxygen atoms in total. The van der Waals surface area contributed by atoms with Crippen LogP contribution >= 0.6 is 0 Å². The quantitative estimate of drug-likeness (QED) is 0.409. The molecule has 2 unspecified atom stereocenters. The molecular weight excluding hydrogens is 501 g/mol. The molecule has 1 aromatic rings. The molecule has 0 bridgehead atoms. The van der Waals surface area contributed by atoms with Gasteiger partial charge in [0.15, 0.2) is 11.6 Å². The van der Waals surface area contributed by atoms with Gasteiger partial charge in [0, 0.05) is 37.1 Å². The molecule has 33 heavy (non-hydrogen) atoms. The Morgan fingerprint density at radius 3 is 1.36 bits per heavy atom. The predicted molar refractivity (Wildman–Crippen MR) is 124 cm³/mol. The Labute approximate surface area is 220 Å². The van der Waals surface area contributed by atoms with E-state index in [2.05, 4.69) is 4.98 Å². The Morgan fingerprint density at radius 1 is 0.788 bits per heavy atom. The minimum absolute atomic E-state index is 0. The average molecular weight is 532 g/mol. The number of aromatic nitrogens is 1. The number of nitrogens with zero attached hydrogens (tertiary/aromatic N) is 1. The number of hydrogen-bond acceptors (Lipinski definition) is 5.